The molecule has 0 heterocycles. The number of carbonyl (C=O) groups excluding carboxylic acids is 1. The fourth-order valence-corrected chi connectivity index (χ4v) is 2.08. The van der Waals surface area contributed by atoms with Crippen molar-refractivity contribution in [3.8, 4) is 0 Å². The Hall–Kier alpha value is -2.13. The van der Waals surface area contributed by atoms with Gasteiger partial charge >= 0.3 is 12.0 Å². The van der Waals surface area contributed by atoms with Gasteiger partial charge in [0.05, 0.1) is 11.3 Å². The fourth-order valence-electron chi connectivity index (χ4n) is 1.56. The van der Waals surface area contributed by atoms with Crippen molar-refractivity contribution in [1.82, 2.24) is 4.90 Å². The smallest absolute Gasteiger partial charge is 0.321 e. The predicted molar refractivity (Wildman–Crippen MR) is 76.3 cm³/mol. The first kappa shape index (κ1) is 16.9. The monoisotopic (exact) mass is 315 g/mol. The Balaban J connectivity index is 2.71. The molecule has 0 atom stereocenters. The van der Waals surface area contributed by atoms with Crippen molar-refractivity contribution in [3.05, 3.63) is 24.3 Å². The molecule has 0 saturated heterocycles. The van der Waals surface area contributed by atoms with Crippen LogP contribution in [-0.4, -0.2) is 43.5 Å². The number of aliphatic carboxylic acids is 1. The van der Waals surface area contributed by atoms with Crippen molar-refractivity contribution in [3.63, 3.8) is 0 Å². The van der Waals surface area contributed by atoms with Gasteiger partial charge in [-0.1, -0.05) is 0 Å². The van der Waals surface area contributed by atoms with E-state index in [1.165, 1.54) is 29.2 Å². The van der Waals surface area contributed by atoms with Crippen LogP contribution in [0.1, 0.15) is 13.3 Å². The highest BCUT2D eigenvalue weighted by Gasteiger charge is 2.13. The van der Waals surface area contributed by atoms with Crippen LogP contribution in [0.3, 0.4) is 0 Å². The molecule has 1 rings (SSSR count). The van der Waals surface area contributed by atoms with Crippen molar-refractivity contribution < 1.29 is 23.1 Å². The van der Waals surface area contributed by atoms with Crippen molar-refractivity contribution in [2.24, 2.45) is 5.14 Å². The second-order valence-corrected chi connectivity index (χ2v) is 5.78. The number of nitrogens with one attached hydrogen (secondary N) is 1. The van der Waals surface area contributed by atoms with E-state index in [1.54, 1.807) is 6.92 Å². The molecule has 4 N–H and O–H groups in total. The molecular weight excluding hydrogens is 298 g/mol. The van der Waals surface area contributed by atoms with Gasteiger partial charge in [0.1, 0.15) is 0 Å². The quantitative estimate of drug-likeness (QED) is 0.710. The molecule has 8 nitrogen and oxygen atoms in total. The first-order valence-electron chi connectivity index (χ1n) is 6.14. The number of benzene rings is 1. The lowest BCUT2D eigenvalue weighted by atomic mass is 10.3. The molecule has 0 aliphatic rings. The third-order valence-electron chi connectivity index (χ3n) is 2.70. The lowest BCUT2D eigenvalue weighted by Crippen LogP contribution is -2.36. The van der Waals surface area contributed by atoms with E-state index < -0.39 is 22.0 Å². The molecule has 21 heavy (non-hydrogen) atoms. The molecule has 116 valence electrons. The molecule has 1 aromatic rings. The van der Waals surface area contributed by atoms with Crippen LogP contribution >= 0.6 is 0 Å². The van der Waals surface area contributed by atoms with Crippen molar-refractivity contribution in [2.45, 2.75) is 18.2 Å². The van der Waals surface area contributed by atoms with Crippen molar-refractivity contribution >= 4 is 27.7 Å². The van der Waals surface area contributed by atoms with Gasteiger partial charge in [0.15, 0.2) is 0 Å². The van der Waals surface area contributed by atoms with Crippen LogP contribution in [0.4, 0.5) is 10.5 Å². The number of anilines is 1. The number of primary sulfonamides is 1. The van der Waals surface area contributed by atoms with E-state index in [9.17, 15) is 18.0 Å². The highest BCUT2D eigenvalue weighted by Crippen LogP contribution is 2.13. The minimum absolute atomic E-state index is 0.0567. The molecule has 1 aromatic carbocycles. The van der Waals surface area contributed by atoms with Gasteiger partial charge in [-0.05, 0) is 31.2 Å². The molecule has 0 spiro atoms. The zero-order chi connectivity index (χ0) is 16.0. The molecule has 9 heteroatoms. The number of hydrogen-bond donors (Lipinski definition) is 3. The summed E-state index contributed by atoms with van der Waals surface area (Å²) in [6.07, 6.45) is -0.147. The summed E-state index contributed by atoms with van der Waals surface area (Å²) in [5.74, 6) is -0.987. The summed E-state index contributed by atoms with van der Waals surface area (Å²) in [5.41, 5.74) is 0.390. The number of rotatable bonds is 6. The van der Waals surface area contributed by atoms with E-state index in [0.29, 0.717) is 12.2 Å². The third kappa shape index (κ3) is 5.40. The molecule has 0 fully saturated rings. The molecular formula is C12H17N3O5S. The minimum atomic E-state index is -3.78. The maximum absolute atomic E-state index is 11.9. The van der Waals surface area contributed by atoms with Crippen LogP contribution in [0.2, 0.25) is 0 Å². The maximum Gasteiger partial charge on any atom is 0.321 e. The average Bonchev–Trinajstić information content (AvgIpc) is 2.38. The SMILES string of the molecule is CCN(CCC(=O)O)C(=O)Nc1ccc(S(N)(=O)=O)cc1. The van der Waals surface area contributed by atoms with Crippen molar-refractivity contribution in [1.29, 1.82) is 0 Å². The normalized spacial score (nSPS) is 11.0. The van der Waals surface area contributed by atoms with E-state index in [4.69, 9.17) is 10.2 Å². The zero-order valence-electron chi connectivity index (χ0n) is 11.4. The number of urea groups is 1. The summed E-state index contributed by atoms with van der Waals surface area (Å²) in [4.78, 5) is 23.7. The van der Waals surface area contributed by atoms with Crippen LogP contribution < -0.4 is 10.5 Å². The van der Waals surface area contributed by atoms with E-state index in [-0.39, 0.29) is 17.9 Å². The van der Waals surface area contributed by atoms with Gasteiger partial charge in [0, 0.05) is 18.8 Å². The van der Waals surface area contributed by atoms with Crippen LogP contribution in [0.15, 0.2) is 29.2 Å². The highest BCUT2D eigenvalue weighted by molar-refractivity contribution is 7.89. The van der Waals surface area contributed by atoms with E-state index in [1.807, 2.05) is 0 Å². The Labute approximate surface area is 122 Å². The Morgan fingerprint density at radius 2 is 1.86 bits per heavy atom. The molecule has 0 aliphatic heterocycles. The summed E-state index contributed by atoms with van der Waals surface area (Å²) in [5, 5.41) is 16.1. The van der Waals surface area contributed by atoms with Crippen LogP contribution in [0.5, 0.6) is 0 Å². The Morgan fingerprint density at radius 1 is 1.29 bits per heavy atom. The molecule has 0 bridgehead atoms. The molecule has 0 saturated carbocycles. The van der Waals surface area contributed by atoms with E-state index in [2.05, 4.69) is 5.32 Å². The molecule has 0 aromatic heterocycles. The number of carboxylic acids is 1. The van der Waals surface area contributed by atoms with Crippen LogP contribution in [0.25, 0.3) is 0 Å². The topological polar surface area (TPSA) is 130 Å². The van der Waals surface area contributed by atoms with Gasteiger partial charge in [0.25, 0.3) is 0 Å². The number of sulfonamides is 1. The van der Waals surface area contributed by atoms with Gasteiger partial charge < -0.3 is 15.3 Å². The van der Waals surface area contributed by atoms with Gasteiger partial charge in [-0.3, -0.25) is 4.79 Å². The molecule has 0 unspecified atom stereocenters. The van der Waals surface area contributed by atoms with Crippen molar-refractivity contribution in [2.75, 3.05) is 18.4 Å². The highest BCUT2D eigenvalue weighted by atomic mass is 32.2. The van der Waals surface area contributed by atoms with Crippen LogP contribution in [0, 0.1) is 0 Å². The second kappa shape index (κ2) is 7.04. The first-order chi connectivity index (χ1) is 9.74. The Bertz CT molecular complexity index is 612. The lowest BCUT2D eigenvalue weighted by molar-refractivity contribution is -0.137. The minimum Gasteiger partial charge on any atom is -0.481 e. The Morgan fingerprint density at radius 3 is 2.29 bits per heavy atom. The fraction of sp³-hybridized carbons (Fsp3) is 0.333. The van der Waals surface area contributed by atoms with Gasteiger partial charge in [0.2, 0.25) is 10.0 Å². The number of nitrogens with two attached hydrogens (primary N) is 1. The zero-order valence-corrected chi connectivity index (χ0v) is 12.3. The number of hydrogen-bond acceptors (Lipinski definition) is 4. The predicted octanol–water partition coefficient (Wildman–Crippen LogP) is 0.663. The summed E-state index contributed by atoms with van der Waals surface area (Å²) in [6, 6.07) is 4.91. The van der Waals surface area contributed by atoms with Gasteiger partial charge in [-0.25, -0.2) is 18.4 Å². The molecule has 0 radical (unpaired) electrons. The summed E-state index contributed by atoms with van der Waals surface area (Å²) >= 11 is 0. The first-order valence-corrected chi connectivity index (χ1v) is 7.69. The van der Waals surface area contributed by atoms with E-state index in [0.717, 1.165) is 0 Å². The number of carbonyl (C=O) groups is 2. The van der Waals surface area contributed by atoms with Gasteiger partial charge in [-0.15, -0.1) is 0 Å². The molecule has 2 amide bonds. The standard InChI is InChI=1S/C12H17N3O5S/c1-2-15(8-7-11(16)17)12(18)14-9-3-5-10(6-4-9)21(13,19)20/h3-6H,2,7-8H2,1H3,(H,14,18)(H,16,17)(H2,13,19,20). The van der Waals surface area contributed by atoms with E-state index >= 15 is 0 Å². The molecule has 0 aliphatic carbocycles. The average molecular weight is 315 g/mol. The van der Waals surface area contributed by atoms with Crippen LogP contribution in [-0.2, 0) is 14.8 Å². The van der Waals surface area contributed by atoms with Gasteiger partial charge in [-0.2, -0.15) is 0 Å². The maximum atomic E-state index is 11.9. The Kier molecular flexibility index (Phi) is 5.68. The summed E-state index contributed by atoms with van der Waals surface area (Å²) in [7, 11) is -3.78. The third-order valence-corrected chi connectivity index (χ3v) is 3.63. The lowest BCUT2D eigenvalue weighted by Gasteiger charge is -2.20. The number of nitrogens with zero attached hydrogens (tertiary/aromatic N) is 1. The summed E-state index contributed by atoms with van der Waals surface area (Å²) in [6.45, 7) is 2.17. The summed E-state index contributed by atoms with van der Waals surface area (Å²) < 4.78 is 22.2. The second-order valence-electron chi connectivity index (χ2n) is 4.22. The number of amides is 2. The number of carboxylic acid groups (broad SMARTS) is 1. The largest absolute Gasteiger partial charge is 0.481 e.